The van der Waals surface area contributed by atoms with Gasteiger partial charge in [-0.2, -0.15) is 0 Å². The number of hydrogen-bond donors (Lipinski definition) is 2. The maximum absolute atomic E-state index is 12.2. The summed E-state index contributed by atoms with van der Waals surface area (Å²) >= 11 is 0. The van der Waals surface area contributed by atoms with Crippen LogP contribution >= 0.6 is 0 Å². The van der Waals surface area contributed by atoms with Crippen LogP contribution in [0.5, 0.6) is 5.75 Å². The first kappa shape index (κ1) is 16.7. The van der Waals surface area contributed by atoms with Gasteiger partial charge in [-0.05, 0) is 25.2 Å². The number of carbonyl (C=O) groups excluding carboxylic acids is 1. The molecule has 0 radical (unpaired) electrons. The lowest BCUT2D eigenvalue weighted by molar-refractivity contribution is 0.0921. The second-order valence-electron chi connectivity index (χ2n) is 5.58. The van der Waals surface area contributed by atoms with Crippen molar-refractivity contribution in [2.75, 3.05) is 53.0 Å². The van der Waals surface area contributed by atoms with Gasteiger partial charge < -0.3 is 25.4 Å². The number of nitrogens with two attached hydrogens (primary N) is 1. The highest BCUT2D eigenvalue weighted by atomic mass is 16.5. The zero-order valence-electron chi connectivity index (χ0n) is 13.1. The van der Waals surface area contributed by atoms with E-state index in [1.165, 1.54) is 0 Å². The number of benzene rings is 1. The lowest BCUT2D eigenvalue weighted by Gasteiger charge is -2.19. The standard InChI is InChI=1S/C16H25N3O3/c1-19-6-8-21-12-13(11-19)10-18-16(20)14-3-2-4-15(9-14)22-7-5-17/h2-4,9,13H,5-8,10-12,17H2,1H3,(H,18,20). The molecule has 1 fully saturated rings. The third-order valence-electron chi connectivity index (χ3n) is 3.57. The summed E-state index contributed by atoms with van der Waals surface area (Å²) < 4.78 is 11.0. The van der Waals surface area contributed by atoms with Crippen molar-refractivity contribution >= 4 is 5.91 Å². The fourth-order valence-electron chi connectivity index (χ4n) is 2.42. The molecule has 22 heavy (non-hydrogen) atoms. The van der Waals surface area contributed by atoms with E-state index >= 15 is 0 Å². The number of nitrogens with one attached hydrogen (secondary N) is 1. The van der Waals surface area contributed by atoms with Gasteiger partial charge in [0.05, 0.1) is 13.2 Å². The zero-order valence-corrected chi connectivity index (χ0v) is 13.1. The molecule has 1 aromatic carbocycles. The van der Waals surface area contributed by atoms with Crippen LogP contribution in [0.25, 0.3) is 0 Å². The Morgan fingerprint density at radius 2 is 2.41 bits per heavy atom. The Balaban J connectivity index is 1.86. The van der Waals surface area contributed by atoms with Crippen molar-refractivity contribution < 1.29 is 14.3 Å². The summed E-state index contributed by atoms with van der Waals surface area (Å²) in [4.78, 5) is 14.5. The van der Waals surface area contributed by atoms with Crippen LogP contribution in [0.4, 0.5) is 0 Å². The van der Waals surface area contributed by atoms with Gasteiger partial charge in [-0.15, -0.1) is 0 Å². The van der Waals surface area contributed by atoms with Gasteiger partial charge in [0.15, 0.2) is 0 Å². The molecule has 1 aliphatic heterocycles. The molecule has 0 aromatic heterocycles. The van der Waals surface area contributed by atoms with Gasteiger partial charge in [0.2, 0.25) is 0 Å². The molecule has 1 unspecified atom stereocenters. The van der Waals surface area contributed by atoms with Crippen molar-refractivity contribution in [2.45, 2.75) is 0 Å². The summed E-state index contributed by atoms with van der Waals surface area (Å²) in [6.07, 6.45) is 0. The van der Waals surface area contributed by atoms with Gasteiger partial charge in [0.25, 0.3) is 5.91 Å². The third-order valence-corrected chi connectivity index (χ3v) is 3.57. The van der Waals surface area contributed by atoms with Gasteiger partial charge in [-0.1, -0.05) is 6.07 Å². The summed E-state index contributed by atoms with van der Waals surface area (Å²) in [5.41, 5.74) is 6.00. The summed E-state index contributed by atoms with van der Waals surface area (Å²) in [5, 5.41) is 2.97. The van der Waals surface area contributed by atoms with E-state index in [2.05, 4.69) is 17.3 Å². The molecule has 1 saturated heterocycles. The average molecular weight is 307 g/mol. The molecular weight excluding hydrogens is 282 g/mol. The van der Waals surface area contributed by atoms with Crippen LogP contribution in [0, 0.1) is 5.92 Å². The minimum absolute atomic E-state index is 0.0925. The predicted octanol–water partition coefficient (Wildman–Crippen LogP) is 0.332. The number of hydrogen-bond acceptors (Lipinski definition) is 5. The lowest BCUT2D eigenvalue weighted by atomic mass is 10.1. The first-order valence-corrected chi connectivity index (χ1v) is 7.66. The SMILES string of the molecule is CN1CCOCC(CNC(=O)c2cccc(OCCN)c2)C1. The quantitative estimate of drug-likeness (QED) is 0.792. The van der Waals surface area contributed by atoms with E-state index in [0.717, 1.165) is 19.7 Å². The summed E-state index contributed by atoms with van der Waals surface area (Å²) in [5.74, 6) is 0.883. The van der Waals surface area contributed by atoms with Crippen molar-refractivity contribution in [3.05, 3.63) is 29.8 Å². The summed E-state index contributed by atoms with van der Waals surface area (Å²) in [7, 11) is 2.07. The number of rotatable bonds is 6. The molecule has 0 aliphatic carbocycles. The molecule has 122 valence electrons. The van der Waals surface area contributed by atoms with Crippen LogP contribution in [0.3, 0.4) is 0 Å². The molecule has 0 bridgehead atoms. The fraction of sp³-hybridized carbons (Fsp3) is 0.562. The third kappa shape index (κ3) is 5.29. The van der Waals surface area contributed by atoms with E-state index < -0.39 is 0 Å². The predicted molar refractivity (Wildman–Crippen MR) is 85.1 cm³/mol. The number of likely N-dealkylation sites (N-methyl/N-ethyl adjacent to an activating group) is 1. The Hall–Kier alpha value is -1.63. The van der Waals surface area contributed by atoms with E-state index in [4.69, 9.17) is 15.2 Å². The minimum Gasteiger partial charge on any atom is -0.492 e. The minimum atomic E-state index is -0.0925. The van der Waals surface area contributed by atoms with Crippen molar-refractivity contribution in [3.8, 4) is 5.75 Å². The number of ether oxygens (including phenoxy) is 2. The van der Waals surface area contributed by atoms with Crippen molar-refractivity contribution in [3.63, 3.8) is 0 Å². The molecule has 1 aliphatic rings. The van der Waals surface area contributed by atoms with Crippen LogP contribution in [-0.2, 0) is 4.74 Å². The Labute approximate surface area is 131 Å². The first-order chi connectivity index (χ1) is 10.7. The molecule has 1 amide bonds. The van der Waals surface area contributed by atoms with Crippen LogP contribution in [0.1, 0.15) is 10.4 Å². The molecule has 2 rings (SSSR count). The highest BCUT2D eigenvalue weighted by molar-refractivity contribution is 5.94. The molecular formula is C16H25N3O3. The van der Waals surface area contributed by atoms with E-state index in [1.807, 2.05) is 12.1 Å². The zero-order chi connectivity index (χ0) is 15.8. The first-order valence-electron chi connectivity index (χ1n) is 7.66. The molecule has 1 heterocycles. The molecule has 0 saturated carbocycles. The van der Waals surface area contributed by atoms with Gasteiger partial charge in [-0.3, -0.25) is 4.79 Å². The topological polar surface area (TPSA) is 76.8 Å². The molecule has 3 N–H and O–H groups in total. The van der Waals surface area contributed by atoms with Crippen LogP contribution in [0.2, 0.25) is 0 Å². The number of nitrogens with zero attached hydrogens (tertiary/aromatic N) is 1. The molecule has 0 spiro atoms. The van der Waals surface area contributed by atoms with Crippen LogP contribution in [-0.4, -0.2) is 63.9 Å². The molecule has 6 heteroatoms. The number of carbonyl (C=O) groups is 1. The normalized spacial score (nSPS) is 19.5. The summed E-state index contributed by atoms with van der Waals surface area (Å²) in [6, 6.07) is 7.14. The van der Waals surface area contributed by atoms with Gasteiger partial charge in [0, 0.05) is 37.7 Å². The average Bonchev–Trinajstić information content (AvgIpc) is 2.75. The van der Waals surface area contributed by atoms with E-state index in [9.17, 15) is 4.79 Å². The Morgan fingerprint density at radius 1 is 1.55 bits per heavy atom. The lowest BCUT2D eigenvalue weighted by Crippen LogP contribution is -2.35. The van der Waals surface area contributed by atoms with E-state index in [-0.39, 0.29) is 5.91 Å². The molecule has 1 aromatic rings. The molecule has 6 nitrogen and oxygen atoms in total. The highest BCUT2D eigenvalue weighted by Crippen LogP contribution is 2.13. The van der Waals surface area contributed by atoms with Gasteiger partial charge in [0.1, 0.15) is 12.4 Å². The van der Waals surface area contributed by atoms with Crippen molar-refractivity contribution in [2.24, 2.45) is 11.7 Å². The van der Waals surface area contributed by atoms with Crippen LogP contribution < -0.4 is 15.8 Å². The van der Waals surface area contributed by atoms with Crippen LogP contribution in [0.15, 0.2) is 24.3 Å². The highest BCUT2D eigenvalue weighted by Gasteiger charge is 2.17. The second kappa shape index (κ2) is 8.73. The Morgan fingerprint density at radius 3 is 3.23 bits per heavy atom. The van der Waals surface area contributed by atoms with Crippen molar-refractivity contribution in [1.82, 2.24) is 10.2 Å². The number of amides is 1. The molecule has 1 atom stereocenters. The van der Waals surface area contributed by atoms with Gasteiger partial charge >= 0.3 is 0 Å². The Kier molecular flexibility index (Phi) is 6.64. The monoisotopic (exact) mass is 307 g/mol. The smallest absolute Gasteiger partial charge is 0.251 e. The largest absolute Gasteiger partial charge is 0.492 e. The van der Waals surface area contributed by atoms with E-state index in [0.29, 0.717) is 43.5 Å². The summed E-state index contributed by atoms with van der Waals surface area (Å²) in [6.45, 7) is 4.80. The fourth-order valence-corrected chi connectivity index (χ4v) is 2.42. The second-order valence-corrected chi connectivity index (χ2v) is 5.58. The maximum Gasteiger partial charge on any atom is 0.251 e. The van der Waals surface area contributed by atoms with Crippen molar-refractivity contribution in [1.29, 1.82) is 0 Å². The Bertz CT molecular complexity index is 481. The maximum atomic E-state index is 12.2. The van der Waals surface area contributed by atoms with E-state index in [1.54, 1.807) is 12.1 Å². The van der Waals surface area contributed by atoms with Gasteiger partial charge in [-0.25, -0.2) is 0 Å².